The van der Waals surface area contributed by atoms with Gasteiger partial charge in [0, 0.05) is 18.4 Å². The van der Waals surface area contributed by atoms with Gasteiger partial charge in [-0.15, -0.1) is 6.58 Å². The van der Waals surface area contributed by atoms with E-state index in [2.05, 4.69) is 16.6 Å². The molecule has 0 radical (unpaired) electrons. The third-order valence-corrected chi connectivity index (χ3v) is 8.57. The highest BCUT2D eigenvalue weighted by atomic mass is 32.2. The standard InChI is InChI=1S/C25H33N3O6S/c1-5-18-14-25(18,22(30)27-35(32,33)19-11-12-19)26-21(29)20-13-17(16-9-7-6-8-10-16)15-28(20)23(31)34-24(2,3)4/h5-10,17-20H,1,11-15H2,2-4H3,(H,26,29)(H,27,30)/t17?,18-,20?,25-/m1/s1. The summed E-state index contributed by atoms with van der Waals surface area (Å²) in [7, 11) is -3.77. The lowest BCUT2D eigenvalue weighted by molar-refractivity contribution is -0.131. The Balaban J connectivity index is 1.55. The maximum atomic E-state index is 13.5. The first-order valence-corrected chi connectivity index (χ1v) is 13.5. The number of ether oxygens (including phenoxy) is 1. The van der Waals surface area contributed by atoms with Gasteiger partial charge in [0.2, 0.25) is 15.9 Å². The zero-order valence-corrected chi connectivity index (χ0v) is 21.1. The van der Waals surface area contributed by atoms with Crippen LogP contribution in [0.5, 0.6) is 0 Å². The van der Waals surface area contributed by atoms with E-state index < -0.39 is 56.3 Å². The Morgan fingerprint density at radius 2 is 1.83 bits per heavy atom. The summed E-state index contributed by atoms with van der Waals surface area (Å²) in [6.45, 7) is 9.27. The number of sulfonamides is 1. The summed E-state index contributed by atoms with van der Waals surface area (Å²) in [5.74, 6) is -1.77. The molecule has 0 aromatic heterocycles. The van der Waals surface area contributed by atoms with Crippen molar-refractivity contribution in [3.05, 3.63) is 48.6 Å². The highest BCUT2D eigenvalue weighted by molar-refractivity contribution is 7.91. The molecule has 4 rings (SSSR count). The zero-order chi connectivity index (χ0) is 25.6. The van der Waals surface area contributed by atoms with E-state index in [9.17, 15) is 22.8 Å². The van der Waals surface area contributed by atoms with Crippen LogP contribution in [0.1, 0.15) is 57.9 Å². The number of hydrogen-bond donors (Lipinski definition) is 2. The van der Waals surface area contributed by atoms with E-state index in [1.54, 1.807) is 20.8 Å². The Hall–Kier alpha value is -2.88. The van der Waals surface area contributed by atoms with E-state index in [4.69, 9.17) is 4.74 Å². The second kappa shape index (κ2) is 8.96. The second-order valence-electron chi connectivity index (χ2n) is 10.7. The lowest BCUT2D eigenvalue weighted by Crippen LogP contribution is -2.56. The van der Waals surface area contributed by atoms with E-state index >= 15 is 0 Å². The highest BCUT2D eigenvalue weighted by Gasteiger charge is 2.62. The summed E-state index contributed by atoms with van der Waals surface area (Å²) in [5, 5.41) is 2.21. The number of likely N-dealkylation sites (tertiary alicyclic amines) is 1. The molecule has 10 heteroatoms. The first-order chi connectivity index (χ1) is 16.4. The second-order valence-corrected chi connectivity index (χ2v) is 12.6. The molecule has 0 bridgehead atoms. The smallest absolute Gasteiger partial charge is 0.410 e. The highest BCUT2D eigenvalue weighted by Crippen LogP contribution is 2.46. The Kier molecular flexibility index (Phi) is 6.46. The third kappa shape index (κ3) is 5.37. The minimum absolute atomic E-state index is 0.0890. The van der Waals surface area contributed by atoms with Crippen LogP contribution in [0.25, 0.3) is 0 Å². The maximum absolute atomic E-state index is 13.5. The summed E-state index contributed by atoms with van der Waals surface area (Å²) < 4.78 is 32.4. The Morgan fingerprint density at radius 1 is 1.17 bits per heavy atom. The van der Waals surface area contributed by atoms with Crippen molar-refractivity contribution in [1.82, 2.24) is 14.9 Å². The van der Waals surface area contributed by atoms with Crippen molar-refractivity contribution in [2.24, 2.45) is 5.92 Å². The molecule has 2 aliphatic carbocycles. The van der Waals surface area contributed by atoms with E-state index in [-0.39, 0.29) is 18.9 Å². The molecule has 1 heterocycles. The Bertz CT molecular complexity index is 1130. The van der Waals surface area contributed by atoms with Crippen LogP contribution >= 0.6 is 0 Å². The molecule has 2 saturated carbocycles. The van der Waals surface area contributed by atoms with Crippen LogP contribution in [0.3, 0.4) is 0 Å². The molecule has 1 aliphatic heterocycles. The predicted octanol–water partition coefficient (Wildman–Crippen LogP) is 2.45. The summed E-state index contributed by atoms with van der Waals surface area (Å²) in [6, 6.07) is 8.73. The van der Waals surface area contributed by atoms with Gasteiger partial charge in [-0.1, -0.05) is 36.4 Å². The van der Waals surface area contributed by atoms with Crippen molar-refractivity contribution < 1.29 is 27.5 Å². The number of amides is 3. The van der Waals surface area contributed by atoms with Crippen molar-refractivity contribution >= 4 is 27.9 Å². The van der Waals surface area contributed by atoms with E-state index in [0.717, 1.165) is 5.56 Å². The van der Waals surface area contributed by atoms with Crippen molar-refractivity contribution in [1.29, 1.82) is 0 Å². The number of benzene rings is 1. The molecule has 3 aliphatic rings. The van der Waals surface area contributed by atoms with Crippen LogP contribution in [-0.2, 0) is 24.3 Å². The van der Waals surface area contributed by atoms with E-state index in [1.807, 2.05) is 30.3 Å². The number of nitrogens with one attached hydrogen (secondary N) is 2. The van der Waals surface area contributed by atoms with Crippen molar-refractivity contribution in [3.63, 3.8) is 0 Å². The van der Waals surface area contributed by atoms with Gasteiger partial charge in [-0.3, -0.25) is 19.2 Å². The number of nitrogens with zero attached hydrogens (tertiary/aromatic N) is 1. The molecule has 4 atom stereocenters. The summed E-state index contributed by atoms with van der Waals surface area (Å²) in [5.41, 5.74) is -1.15. The fraction of sp³-hybridized carbons (Fsp3) is 0.560. The van der Waals surface area contributed by atoms with Gasteiger partial charge in [0.05, 0.1) is 5.25 Å². The normalized spacial score (nSPS) is 28.2. The summed E-state index contributed by atoms with van der Waals surface area (Å²) in [6.07, 6.45) is 2.56. The molecule has 35 heavy (non-hydrogen) atoms. The maximum Gasteiger partial charge on any atom is 0.410 e. The molecule has 2 unspecified atom stereocenters. The predicted molar refractivity (Wildman–Crippen MR) is 130 cm³/mol. The van der Waals surface area contributed by atoms with Gasteiger partial charge >= 0.3 is 6.09 Å². The van der Waals surface area contributed by atoms with Crippen molar-refractivity contribution in [2.75, 3.05) is 6.54 Å². The molecule has 9 nitrogen and oxygen atoms in total. The van der Waals surface area contributed by atoms with Gasteiger partial charge in [-0.2, -0.15) is 0 Å². The lowest BCUT2D eigenvalue weighted by atomic mass is 9.96. The topological polar surface area (TPSA) is 122 Å². The molecule has 2 N–H and O–H groups in total. The quantitative estimate of drug-likeness (QED) is 0.551. The molecule has 3 amide bonds. The van der Waals surface area contributed by atoms with Crippen LogP contribution in [0.15, 0.2) is 43.0 Å². The van der Waals surface area contributed by atoms with Crippen molar-refractivity contribution in [3.8, 4) is 0 Å². The van der Waals surface area contributed by atoms with E-state index in [1.165, 1.54) is 11.0 Å². The molecular formula is C25H33N3O6S. The first kappa shape index (κ1) is 25.2. The van der Waals surface area contributed by atoms with Gasteiger partial charge in [0.15, 0.2) is 0 Å². The van der Waals surface area contributed by atoms with Gasteiger partial charge in [0.1, 0.15) is 17.2 Å². The SMILES string of the molecule is C=C[C@@H]1C[C@]1(NC(=O)C1CC(c2ccccc2)CN1C(=O)OC(C)(C)C)C(=O)NS(=O)(=O)C1CC1. The number of hydrogen-bond acceptors (Lipinski definition) is 6. The first-order valence-electron chi connectivity index (χ1n) is 11.9. The van der Waals surface area contributed by atoms with E-state index in [0.29, 0.717) is 19.3 Å². The minimum Gasteiger partial charge on any atom is -0.444 e. The zero-order valence-electron chi connectivity index (χ0n) is 20.3. The van der Waals surface area contributed by atoms with Crippen LogP contribution in [-0.4, -0.2) is 60.2 Å². The van der Waals surface area contributed by atoms with Gasteiger partial charge in [-0.05, 0) is 52.0 Å². The van der Waals surface area contributed by atoms with Crippen LogP contribution in [0.4, 0.5) is 4.79 Å². The van der Waals surface area contributed by atoms with Crippen LogP contribution in [0.2, 0.25) is 0 Å². The molecule has 1 saturated heterocycles. The average molecular weight is 504 g/mol. The number of rotatable bonds is 7. The third-order valence-electron chi connectivity index (χ3n) is 6.75. The van der Waals surface area contributed by atoms with Crippen molar-refractivity contribution in [2.45, 2.75) is 74.8 Å². The largest absolute Gasteiger partial charge is 0.444 e. The Labute approximate surface area is 206 Å². The Morgan fingerprint density at radius 3 is 2.37 bits per heavy atom. The average Bonchev–Trinajstić information content (AvgIpc) is 3.69. The number of carbonyl (C=O) groups excluding carboxylic acids is 3. The van der Waals surface area contributed by atoms with Gasteiger partial charge in [0.25, 0.3) is 5.91 Å². The molecular weight excluding hydrogens is 470 g/mol. The molecule has 3 fully saturated rings. The summed E-state index contributed by atoms with van der Waals surface area (Å²) in [4.78, 5) is 40.9. The molecule has 190 valence electrons. The van der Waals surface area contributed by atoms with Gasteiger partial charge < -0.3 is 10.1 Å². The monoisotopic (exact) mass is 503 g/mol. The van der Waals surface area contributed by atoms with Gasteiger partial charge in [-0.25, -0.2) is 13.2 Å². The lowest BCUT2D eigenvalue weighted by Gasteiger charge is -2.29. The summed E-state index contributed by atoms with van der Waals surface area (Å²) >= 11 is 0. The number of carbonyl (C=O) groups is 3. The van der Waals surface area contributed by atoms with Crippen LogP contribution < -0.4 is 10.0 Å². The minimum atomic E-state index is -3.77. The fourth-order valence-electron chi connectivity index (χ4n) is 4.59. The molecule has 1 aromatic carbocycles. The molecule has 1 aromatic rings. The fourth-order valence-corrected chi connectivity index (χ4v) is 5.96. The molecule has 0 spiro atoms. The van der Waals surface area contributed by atoms with Crippen LogP contribution in [0, 0.1) is 5.92 Å².